The maximum Gasteiger partial charge on any atom is 0.244 e. The van der Waals surface area contributed by atoms with E-state index in [0.29, 0.717) is 12.8 Å². The van der Waals surface area contributed by atoms with Gasteiger partial charge in [-0.05, 0) is 34.6 Å². The Hall–Kier alpha value is -3.46. The Labute approximate surface area is 212 Å². The maximum atomic E-state index is 13.4. The molecule has 0 aliphatic rings. The molecule has 0 spiro atoms. The topological polar surface area (TPSA) is 151 Å². The van der Waals surface area contributed by atoms with Crippen LogP contribution in [0.5, 0.6) is 0 Å². The van der Waals surface area contributed by atoms with Gasteiger partial charge in [0.25, 0.3) is 0 Å². The lowest BCUT2D eigenvalue weighted by molar-refractivity contribution is -0.137. The minimum absolute atomic E-state index is 0.0993. The molecule has 0 aliphatic heterocycles. The summed E-state index contributed by atoms with van der Waals surface area (Å²) in [5.74, 6) is -3.19. The van der Waals surface area contributed by atoms with E-state index < -0.39 is 41.6 Å². The maximum absolute atomic E-state index is 13.4. The van der Waals surface area contributed by atoms with Crippen molar-refractivity contribution in [2.24, 2.45) is 23.5 Å². The SMILES string of the molecule is CCC(C)[C@H](NC(=O)[C@H](Cc1cccc2ccccc12)NC(=O)C(CC(=O)NO)CC(C)C)C(N)=O. The first kappa shape index (κ1) is 28.8. The van der Waals surface area contributed by atoms with Gasteiger partial charge in [0.15, 0.2) is 0 Å². The van der Waals surface area contributed by atoms with Gasteiger partial charge in [0, 0.05) is 18.8 Å². The molecule has 196 valence electrons. The number of nitrogens with two attached hydrogens (primary N) is 1. The van der Waals surface area contributed by atoms with Crippen LogP contribution in [0.25, 0.3) is 10.8 Å². The van der Waals surface area contributed by atoms with E-state index in [1.54, 1.807) is 5.48 Å². The zero-order valence-electron chi connectivity index (χ0n) is 21.4. The van der Waals surface area contributed by atoms with Gasteiger partial charge in [-0.25, -0.2) is 5.48 Å². The molecule has 0 fully saturated rings. The number of hydrogen-bond donors (Lipinski definition) is 5. The average Bonchev–Trinajstić information content (AvgIpc) is 2.85. The van der Waals surface area contributed by atoms with E-state index in [1.165, 1.54) is 0 Å². The van der Waals surface area contributed by atoms with Crippen LogP contribution >= 0.6 is 0 Å². The molecule has 2 aromatic carbocycles. The molecule has 2 unspecified atom stereocenters. The van der Waals surface area contributed by atoms with Crippen molar-refractivity contribution in [2.45, 2.75) is 65.5 Å². The fourth-order valence-corrected chi connectivity index (χ4v) is 4.29. The van der Waals surface area contributed by atoms with Crippen LogP contribution in [-0.4, -0.2) is 40.9 Å². The number of primary amides is 1. The van der Waals surface area contributed by atoms with Crippen LogP contribution in [0.15, 0.2) is 42.5 Å². The summed E-state index contributed by atoms with van der Waals surface area (Å²) in [5.41, 5.74) is 7.97. The van der Waals surface area contributed by atoms with Crippen molar-refractivity contribution in [1.82, 2.24) is 16.1 Å². The van der Waals surface area contributed by atoms with Crippen molar-refractivity contribution in [3.8, 4) is 0 Å². The van der Waals surface area contributed by atoms with Crippen LogP contribution in [-0.2, 0) is 25.6 Å². The minimum atomic E-state index is -1.01. The molecule has 4 atom stereocenters. The molecule has 0 bridgehead atoms. The average molecular weight is 499 g/mol. The number of amides is 4. The Morgan fingerprint density at radius 1 is 0.944 bits per heavy atom. The number of rotatable bonds is 13. The predicted octanol–water partition coefficient (Wildman–Crippen LogP) is 2.44. The van der Waals surface area contributed by atoms with E-state index in [-0.39, 0.29) is 24.7 Å². The lowest BCUT2D eigenvalue weighted by Crippen LogP contribution is -2.56. The third kappa shape index (κ3) is 8.05. The molecule has 0 aromatic heterocycles. The van der Waals surface area contributed by atoms with Gasteiger partial charge in [0.05, 0.1) is 0 Å². The van der Waals surface area contributed by atoms with Crippen LogP contribution in [0.2, 0.25) is 0 Å². The van der Waals surface area contributed by atoms with Gasteiger partial charge in [-0.3, -0.25) is 24.4 Å². The molecule has 6 N–H and O–H groups in total. The molecule has 0 heterocycles. The number of carbonyl (C=O) groups excluding carboxylic acids is 4. The van der Waals surface area contributed by atoms with Gasteiger partial charge < -0.3 is 16.4 Å². The second-order valence-electron chi connectivity index (χ2n) is 9.74. The van der Waals surface area contributed by atoms with Crippen LogP contribution < -0.4 is 21.8 Å². The van der Waals surface area contributed by atoms with Crippen molar-refractivity contribution < 1.29 is 24.4 Å². The monoisotopic (exact) mass is 498 g/mol. The van der Waals surface area contributed by atoms with Crippen molar-refractivity contribution in [1.29, 1.82) is 0 Å². The highest BCUT2D eigenvalue weighted by Gasteiger charge is 2.31. The Morgan fingerprint density at radius 2 is 1.61 bits per heavy atom. The first-order valence-electron chi connectivity index (χ1n) is 12.4. The Bertz CT molecular complexity index is 1070. The first-order valence-corrected chi connectivity index (χ1v) is 12.4. The normalized spacial score (nSPS) is 14.5. The number of nitrogens with one attached hydrogen (secondary N) is 3. The van der Waals surface area contributed by atoms with E-state index in [1.807, 2.05) is 70.2 Å². The van der Waals surface area contributed by atoms with Crippen molar-refractivity contribution in [3.05, 3.63) is 48.0 Å². The molecular formula is C27H38N4O5. The van der Waals surface area contributed by atoms with Gasteiger partial charge in [0.1, 0.15) is 12.1 Å². The highest BCUT2D eigenvalue weighted by molar-refractivity contribution is 5.94. The van der Waals surface area contributed by atoms with E-state index in [4.69, 9.17) is 10.9 Å². The fourth-order valence-electron chi connectivity index (χ4n) is 4.29. The molecule has 2 aromatic rings. The molecule has 9 heteroatoms. The van der Waals surface area contributed by atoms with Crippen LogP contribution in [0, 0.1) is 17.8 Å². The van der Waals surface area contributed by atoms with Gasteiger partial charge >= 0.3 is 0 Å². The molecular weight excluding hydrogens is 460 g/mol. The van der Waals surface area contributed by atoms with Crippen molar-refractivity contribution in [2.75, 3.05) is 0 Å². The Morgan fingerprint density at radius 3 is 2.22 bits per heavy atom. The Balaban J connectivity index is 2.39. The molecule has 36 heavy (non-hydrogen) atoms. The minimum Gasteiger partial charge on any atom is -0.368 e. The molecule has 2 rings (SSSR count). The van der Waals surface area contributed by atoms with E-state index in [9.17, 15) is 19.2 Å². The lowest BCUT2D eigenvalue weighted by Gasteiger charge is -2.27. The largest absolute Gasteiger partial charge is 0.368 e. The van der Waals surface area contributed by atoms with Gasteiger partial charge in [-0.15, -0.1) is 0 Å². The zero-order chi connectivity index (χ0) is 26.8. The van der Waals surface area contributed by atoms with E-state index in [2.05, 4.69) is 10.6 Å². The van der Waals surface area contributed by atoms with Gasteiger partial charge in [-0.1, -0.05) is 76.6 Å². The molecule has 0 saturated carbocycles. The third-order valence-corrected chi connectivity index (χ3v) is 6.44. The standard InChI is InChI=1S/C27H38N4O5/c1-5-17(4)24(25(28)33)30-27(35)22(14-19-11-8-10-18-9-6-7-12-21(18)19)29-26(34)20(13-16(2)3)15-23(32)31-36/h6-12,16-17,20,22,24,36H,5,13-15H2,1-4H3,(H2,28,33)(H,29,34)(H,30,35)(H,31,32)/t17?,20?,22-,24-/m0/s1. The van der Waals surface area contributed by atoms with Crippen molar-refractivity contribution >= 4 is 34.4 Å². The van der Waals surface area contributed by atoms with E-state index >= 15 is 0 Å². The molecule has 9 nitrogen and oxygen atoms in total. The number of fused-ring (bicyclic) bond motifs is 1. The summed E-state index contributed by atoms with van der Waals surface area (Å²) in [6.07, 6.45) is 0.963. The summed E-state index contributed by atoms with van der Waals surface area (Å²) in [4.78, 5) is 50.6. The smallest absolute Gasteiger partial charge is 0.244 e. The molecule has 0 saturated heterocycles. The molecule has 0 radical (unpaired) electrons. The number of benzene rings is 2. The second-order valence-corrected chi connectivity index (χ2v) is 9.74. The Kier molecular flexibility index (Phi) is 10.9. The first-order chi connectivity index (χ1) is 17.1. The van der Waals surface area contributed by atoms with Gasteiger partial charge in [-0.2, -0.15) is 0 Å². The molecule has 4 amide bonds. The summed E-state index contributed by atoms with van der Waals surface area (Å²) in [6.45, 7) is 7.55. The lowest BCUT2D eigenvalue weighted by atomic mass is 9.92. The quantitative estimate of drug-likeness (QED) is 0.212. The summed E-state index contributed by atoms with van der Waals surface area (Å²) in [6, 6.07) is 11.6. The predicted molar refractivity (Wildman–Crippen MR) is 138 cm³/mol. The van der Waals surface area contributed by atoms with Crippen LogP contribution in [0.4, 0.5) is 0 Å². The zero-order valence-corrected chi connectivity index (χ0v) is 21.4. The summed E-state index contributed by atoms with van der Waals surface area (Å²) < 4.78 is 0. The summed E-state index contributed by atoms with van der Waals surface area (Å²) >= 11 is 0. The fraction of sp³-hybridized carbons (Fsp3) is 0.481. The van der Waals surface area contributed by atoms with Crippen LogP contribution in [0.1, 0.15) is 52.5 Å². The highest BCUT2D eigenvalue weighted by atomic mass is 16.5. The van der Waals surface area contributed by atoms with E-state index in [0.717, 1.165) is 16.3 Å². The summed E-state index contributed by atoms with van der Waals surface area (Å²) in [5, 5.41) is 16.4. The van der Waals surface area contributed by atoms with Gasteiger partial charge in [0.2, 0.25) is 23.6 Å². The highest BCUT2D eigenvalue weighted by Crippen LogP contribution is 2.21. The second kappa shape index (κ2) is 13.6. The summed E-state index contributed by atoms with van der Waals surface area (Å²) in [7, 11) is 0. The van der Waals surface area contributed by atoms with Crippen molar-refractivity contribution in [3.63, 3.8) is 0 Å². The van der Waals surface area contributed by atoms with Crippen LogP contribution in [0.3, 0.4) is 0 Å². The third-order valence-electron chi connectivity index (χ3n) is 6.44. The number of hydrogen-bond acceptors (Lipinski definition) is 5. The molecule has 0 aliphatic carbocycles. The number of carbonyl (C=O) groups is 4. The number of hydroxylamine groups is 1.